The zero-order valence-electron chi connectivity index (χ0n) is 11.3. The van der Waals surface area contributed by atoms with Gasteiger partial charge in [-0.2, -0.15) is 16.7 Å². The van der Waals surface area contributed by atoms with Crippen LogP contribution in [0.2, 0.25) is 0 Å². The SMILES string of the molecule is CCSCc1noc(C2CCCCCC2NC)n1. The van der Waals surface area contributed by atoms with Crippen LogP contribution in [0.25, 0.3) is 0 Å². The van der Waals surface area contributed by atoms with E-state index in [2.05, 4.69) is 22.4 Å². The minimum atomic E-state index is 0.394. The largest absolute Gasteiger partial charge is 0.339 e. The maximum Gasteiger partial charge on any atom is 0.231 e. The maximum absolute atomic E-state index is 5.47. The Bertz CT molecular complexity index is 356. The smallest absolute Gasteiger partial charge is 0.231 e. The summed E-state index contributed by atoms with van der Waals surface area (Å²) in [5, 5.41) is 7.51. The van der Waals surface area contributed by atoms with Crippen LogP contribution in [0.4, 0.5) is 0 Å². The molecule has 1 aromatic heterocycles. The Morgan fingerprint density at radius 2 is 2.17 bits per heavy atom. The molecule has 4 nitrogen and oxygen atoms in total. The molecule has 18 heavy (non-hydrogen) atoms. The van der Waals surface area contributed by atoms with Gasteiger partial charge < -0.3 is 9.84 Å². The summed E-state index contributed by atoms with van der Waals surface area (Å²) in [5.74, 6) is 4.02. The Morgan fingerprint density at radius 3 is 2.94 bits per heavy atom. The van der Waals surface area contributed by atoms with Crippen LogP contribution in [-0.2, 0) is 5.75 Å². The molecule has 2 unspecified atom stereocenters. The van der Waals surface area contributed by atoms with Gasteiger partial charge in [0.25, 0.3) is 0 Å². The first kappa shape index (κ1) is 13.9. The summed E-state index contributed by atoms with van der Waals surface area (Å²) < 4.78 is 5.47. The second kappa shape index (κ2) is 7.14. The number of thioether (sulfide) groups is 1. The van der Waals surface area contributed by atoms with Gasteiger partial charge in [-0.25, -0.2) is 0 Å². The van der Waals surface area contributed by atoms with Crippen LogP contribution in [0, 0.1) is 0 Å². The highest BCUT2D eigenvalue weighted by molar-refractivity contribution is 7.98. The second-order valence-electron chi connectivity index (χ2n) is 4.83. The molecule has 2 rings (SSSR count). The van der Waals surface area contributed by atoms with Gasteiger partial charge in [0.2, 0.25) is 5.89 Å². The van der Waals surface area contributed by atoms with Gasteiger partial charge in [-0.1, -0.05) is 31.3 Å². The molecule has 5 heteroatoms. The zero-order valence-corrected chi connectivity index (χ0v) is 12.1. The highest BCUT2D eigenvalue weighted by Crippen LogP contribution is 2.31. The molecule has 0 aromatic carbocycles. The molecule has 0 saturated heterocycles. The highest BCUT2D eigenvalue weighted by atomic mass is 32.2. The topological polar surface area (TPSA) is 51.0 Å². The average Bonchev–Trinajstić information content (AvgIpc) is 2.73. The molecule has 1 heterocycles. The molecule has 1 aliphatic carbocycles. The van der Waals surface area contributed by atoms with E-state index >= 15 is 0 Å². The zero-order chi connectivity index (χ0) is 12.8. The van der Waals surface area contributed by atoms with Crippen molar-refractivity contribution in [1.82, 2.24) is 15.5 Å². The number of hydrogen-bond donors (Lipinski definition) is 1. The van der Waals surface area contributed by atoms with Crippen LogP contribution in [0.3, 0.4) is 0 Å². The summed E-state index contributed by atoms with van der Waals surface area (Å²) in [7, 11) is 2.03. The Morgan fingerprint density at radius 1 is 1.33 bits per heavy atom. The first-order valence-corrected chi connectivity index (χ1v) is 8.08. The van der Waals surface area contributed by atoms with Crippen molar-refractivity contribution >= 4 is 11.8 Å². The molecule has 1 fully saturated rings. The summed E-state index contributed by atoms with van der Waals surface area (Å²) in [6.07, 6.45) is 6.26. The van der Waals surface area contributed by atoms with E-state index in [1.165, 1.54) is 25.7 Å². The summed E-state index contributed by atoms with van der Waals surface area (Å²) in [6.45, 7) is 2.15. The van der Waals surface area contributed by atoms with Crippen LogP contribution < -0.4 is 5.32 Å². The molecule has 0 radical (unpaired) electrons. The molecule has 0 aliphatic heterocycles. The normalized spacial score (nSPS) is 25.0. The van der Waals surface area contributed by atoms with Gasteiger partial charge >= 0.3 is 0 Å². The third-order valence-electron chi connectivity index (χ3n) is 3.62. The van der Waals surface area contributed by atoms with Crippen molar-refractivity contribution in [2.24, 2.45) is 0 Å². The Hall–Kier alpha value is -0.550. The van der Waals surface area contributed by atoms with E-state index in [0.29, 0.717) is 12.0 Å². The van der Waals surface area contributed by atoms with E-state index in [-0.39, 0.29) is 0 Å². The minimum Gasteiger partial charge on any atom is -0.339 e. The first-order chi connectivity index (χ1) is 8.85. The van der Waals surface area contributed by atoms with Crippen molar-refractivity contribution in [3.63, 3.8) is 0 Å². The maximum atomic E-state index is 5.47. The number of nitrogens with one attached hydrogen (secondary N) is 1. The molecule has 1 aliphatic rings. The predicted octanol–water partition coefficient (Wildman–Crippen LogP) is 2.96. The lowest BCUT2D eigenvalue weighted by atomic mass is 9.95. The molecule has 0 bridgehead atoms. The van der Waals surface area contributed by atoms with Gasteiger partial charge in [-0.3, -0.25) is 0 Å². The molecule has 102 valence electrons. The molecule has 0 amide bonds. The molecule has 0 spiro atoms. The highest BCUT2D eigenvalue weighted by Gasteiger charge is 2.28. The van der Waals surface area contributed by atoms with Gasteiger partial charge in [0.05, 0.1) is 11.7 Å². The van der Waals surface area contributed by atoms with Gasteiger partial charge in [0.15, 0.2) is 5.82 Å². The van der Waals surface area contributed by atoms with Gasteiger partial charge in [-0.15, -0.1) is 0 Å². The van der Waals surface area contributed by atoms with Gasteiger partial charge in [-0.05, 0) is 25.6 Å². The van der Waals surface area contributed by atoms with Crippen molar-refractivity contribution < 1.29 is 4.52 Å². The number of likely N-dealkylation sites (N-methyl/N-ethyl adjacent to an activating group) is 1. The fraction of sp³-hybridized carbons (Fsp3) is 0.846. The molecular formula is C13H23N3OS. The summed E-state index contributed by atoms with van der Waals surface area (Å²) in [4.78, 5) is 4.57. The second-order valence-corrected chi connectivity index (χ2v) is 6.10. The molecule has 1 aromatic rings. The van der Waals surface area contributed by atoms with E-state index in [0.717, 1.165) is 29.6 Å². The average molecular weight is 269 g/mol. The lowest BCUT2D eigenvalue weighted by Gasteiger charge is -2.20. The molecular weight excluding hydrogens is 246 g/mol. The summed E-state index contributed by atoms with van der Waals surface area (Å²) >= 11 is 1.83. The van der Waals surface area contributed by atoms with E-state index < -0.39 is 0 Å². The van der Waals surface area contributed by atoms with Crippen molar-refractivity contribution in [2.45, 2.75) is 56.7 Å². The van der Waals surface area contributed by atoms with Crippen LogP contribution in [0.1, 0.15) is 56.7 Å². The third-order valence-corrected chi connectivity index (χ3v) is 4.49. The van der Waals surface area contributed by atoms with Crippen LogP contribution >= 0.6 is 11.8 Å². The fourth-order valence-electron chi connectivity index (χ4n) is 2.62. The number of nitrogens with zero attached hydrogens (tertiary/aromatic N) is 2. The molecule has 2 atom stereocenters. The number of hydrogen-bond acceptors (Lipinski definition) is 5. The summed E-state index contributed by atoms with van der Waals surface area (Å²) in [6, 6.07) is 0.486. The third kappa shape index (κ3) is 3.48. The van der Waals surface area contributed by atoms with Crippen molar-refractivity contribution in [3.8, 4) is 0 Å². The Labute approximate surface area is 113 Å². The molecule has 1 saturated carbocycles. The predicted molar refractivity (Wildman–Crippen MR) is 74.8 cm³/mol. The molecule has 1 N–H and O–H groups in total. The van der Waals surface area contributed by atoms with E-state index in [9.17, 15) is 0 Å². The van der Waals surface area contributed by atoms with Gasteiger partial charge in [0, 0.05) is 6.04 Å². The quantitative estimate of drug-likeness (QED) is 0.833. The van der Waals surface area contributed by atoms with Crippen molar-refractivity contribution in [2.75, 3.05) is 12.8 Å². The van der Waals surface area contributed by atoms with Crippen LogP contribution in [-0.4, -0.2) is 29.0 Å². The summed E-state index contributed by atoms with van der Waals surface area (Å²) in [5.41, 5.74) is 0. The Kier molecular flexibility index (Phi) is 5.50. The Balaban J connectivity index is 2.05. The van der Waals surface area contributed by atoms with Crippen LogP contribution in [0.15, 0.2) is 4.52 Å². The number of aromatic nitrogens is 2. The van der Waals surface area contributed by atoms with Crippen molar-refractivity contribution in [3.05, 3.63) is 11.7 Å². The van der Waals surface area contributed by atoms with E-state index in [1.807, 2.05) is 18.8 Å². The number of rotatable bonds is 5. The van der Waals surface area contributed by atoms with Crippen LogP contribution in [0.5, 0.6) is 0 Å². The van der Waals surface area contributed by atoms with Crippen molar-refractivity contribution in [1.29, 1.82) is 0 Å². The monoisotopic (exact) mass is 269 g/mol. The first-order valence-electron chi connectivity index (χ1n) is 6.92. The minimum absolute atomic E-state index is 0.394. The fourth-order valence-corrected chi connectivity index (χ4v) is 3.12. The lowest BCUT2D eigenvalue weighted by molar-refractivity contribution is 0.309. The van der Waals surface area contributed by atoms with E-state index in [1.54, 1.807) is 0 Å². The lowest BCUT2D eigenvalue weighted by Crippen LogP contribution is -2.31. The van der Waals surface area contributed by atoms with Gasteiger partial charge in [0.1, 0.15) is 0 Å². The standard InChI is InChI=1S/C13H23N3OS/c1-3-18-9-12-15-13(17-16-12)10-7-5-4-6-8-11(10)14-2/h10-11,14H,3-9H2,1-2H3. The van der Waals surface area contributed by atoms with E-state index in [4.69, 9.17) is 4.52 Å².